The third-order valence-electron chi connectivity index (χ3n) is 6.60. The Bertz CT molecular complexity index is 1250. The first-order chi connectivity index (χ1) is 16.3. The van der Waals surface area contributed by atoms with Crippen molar-refractivity contribution in [2.45, 2.75) is 38.4 Å². The fourth-order valence-electron chi connectivity index (χ4n) is 3.42. The van der Waals surface area contributed by atoms with E-state index in [1.54, 1.807) is 20.0 Å². The average molecular weight is 485 g/mol. The molecule has 7 nitrogen and oxygen atoms in total. The zero-order valence-electron chi connectivity index (χ0n) is 20.7. The number of quaternary nitrogens is 1. The third kappa shape index (κ3) is 5.92. The van der Waals surface area contributed by atoms with Crippen molar-refractivity contribution in [1.29, 1.82) is 0 Å². The van der Waals surface area contributed by atoms with Crippen molar-refractivity contribution in [3.8, 4) is 0 Å². The summed E-state index contributed by atoms with van der Waals surface area (Å²) in [6, 6.07) is 9.86. The first kappa shape index (κ1) is 26.0. The van der Waals surface area contributed by atoms with Gasteiger partial charge in [-0.3, -0.25) is 9.59 Å². The summed E-state index contributed by atoms with van der Waals surface area (Å²) in [6.07, 6.45) is 1.62. The largest absolute Gasteiger partial charge is 0.383 e. The Morgan fingerprint density at radius 2 is 1.71 bits per heavy atom. The second kappa shape index (κ2) is 9.95. The van der Waals surface area contributed by atoms with E-state index in [2.05, 4.69) is 15.6 Å². The Hall–Kier alpha value is -3.59. The number of halogens is 2. The zero-order chi connectivity index (χ0) is 26.0. The van der Waals surface area contributed by atoms with Crippen LogP contribution in [-0.2, 0) is 22.6 Å². The van der Waals surface area contributed by atoms with Gasteiger partial charge in [0.2, 0.25) is 5.91 Å². The van der Waals surface area contributed by atoms with Crippen LogP contribution in [0.15, 0.2) is 48.7 Å². The number of carbonyl (C=O) groups is 2. The molecule has 2 aromatic carbocycles. The Morgan fingerprint density at radius 3 is 2.37 bits per heavy atom. The van der Waals surface area contributed by atoms with Gasteiger partial charge in [-0.2, -0.15) is 0 Å². The Morgan fingerprint density at radius 1 is 1.03 bits per heavy atom. The molecule has 186 valence electrons. The number of carbonyl (C=O) groups excluding carboxylic acids is 2. The lowest BCUT2D eigenvalue weighted by Crippen LogP contribution is -2.64. The highest BCUT2D eigenvalue weighted by molar-refractivity contribution is 5.92. The van der Waals surface area contributed by atoms with E-state index in [9.17, 15) is 18.4 Å². The summed E-state index contributed by atoms with van der Waals surface area (Å²) >= 11 is 0. The molecule has 0 bridgehead atoms. The lowest BCUT2D eigenvalue weighted by atomic mass is 9.98. The molecule has 9 heteroatoms. The molecule has 0 saturated carbocycles. The van der Waals surface area contributed by atoms with E-state index >= 15 is 0 Å². The summed E-state index contributed by atoms with van der Waals surface area (Å²) in [5, 5.41) is 7.36. The number of nitrogen functional groups attached to an aromatic ring is 1. The summed E-state index contributed by atoms with van der Waals surface area (Å²) < 4.78 is 27.5. The van der Waals surface area contributed by atoms with Crippen molar-refractivity contribution in [3.63, 3.8) is 0 Å². The topological polar surface area (TPSA) is 97.1 Å². The molecule has 0 aliphatic rings. The monoisotopic (exact) mass is 484 g/mol. The van der Waals surface area contributed by atoms with Crippen LogP contribution in [0.2, 0.25) is 0 Å². The van der Waals surface area contributed by atoms with Gasteiger partial charge in [0.25, 0.3) is 5.91 Å². The summed E-state index contributed by atoms with van der Waals surface area (Å²) in [5.74, 6) is -2.33. The molecule has 1 atom stereocenters. The number of anilines is 1. The van der Waals surface area contributed by atoms with Crippen LogP contribution in [0.25, 0.3) is 10.8 Å². The number of hydrogen-bond donors (Lipinski definition) is 3. The maximum Gasteiger partial charge on any atom is 0.281 e. The van der Waals surface area contributed by atoms with Gasteiger partial charge >= 0.3 is 0 Å². The summed E-state index contributed by atoms with van der Waals surface area (Å²) in [6.45, 7) is 3.77. The van der Waals surface area contributed by atoms with E-state index < -0.39 is 29.1 Å². The third-order valence-corrected chi connectivity index (χ3v) is 6.60. The fraction of sp³-hybridized carbons (Fsp3) is 0.346. The Balaban J connectivity index is 1.80. The van der Waals surface area contributed by atoms with Gasteiger partial charge in [0.05, 0.1) is 21.1 Å². The number of benzene rings is 2. The minimum atomic E-state index is -1.01. The van der Waals surface area contributed by atoms with Crippen LogP contribution in [-0.4, -0.2) is 54.0 Å². The van der Waals surface area contributed by atoms with Gasteiger partial charge in [0.15, 0.2) is 17.2 Å². The number of hydrogen-bond acceptors (Lipinski definition) is 4. The number of nitrogens with two attached hydrogens (primary N) is 1. The first-order valence-electron chi connectivity index (χ1n) is 11.3. The molecule has 0 aliphatic heterocycles. The standard InChI is InChI=1S/C26H31F2N5O2/c1-26(2,33(3,4)5)25(35)32-22(14-16-7-9-20(27)21(28)13-16)24(34)31-15-17-6-8-19-18(12-17)10-11-30-23(19)29/h6-13,22H,14-15H2,1-5H3,(H3-,29,30,31,32,34,35)/p+1/t22-/m0/s1. The number of aromatic nitrogens is 1. The number of likely N-dealkylation sites (N-methyl/N-ethyl adjacent to an activating group) is 1. The number of rotatable bonds is 8. The number of fused-ring (bicyclic) bond motifs is 1. The maximum atomic E-state index is 13.8. The van der Waals surface area contributed by atoms with E-state index in [0.29, 0.717) is 15.9 Å². The molecular formula is C26H32F2N5O2+. The van der Waals surface area contributed by atoms with Crippen molar-refractivity contribution in [2.24, 2.45) is 0 Å². The van der Waals surface area contributed by atoms with Crippen LogP contribution in [0.1, 0.15) is 25.0 Å². The average Bonchev–Trinajstić information content (AvgIpc) is 2.78. The summed E-state index contributed by atoms with van der Waals surface area (Å²) in [5.41, 5.74) is 6.28. The minimum absolute atomic E-state index is 0.00190. The van der Waals surface area contributed by atoms with Crippen molar-refractivity contribution in [3.05, 3.63) is 71.4 Å². The molecule has 2 amide bonds. The van der Waals surface area contributed by atoms with Crippen LogP contribution in [0.4, 0.5) is 14.6 Å². The van der Waals surface area contributed by atoms with Crippen molar-refractivity contribution in [2.75, 3.05) is 26.9 Å². The highest BCUT2D eigenvalue weighted by Crippen LogP contribution is 2.21. The van der Waals surface area contributed by atoms with Crippen molar-refractivity contribution < 1.29 is 22.9 Å². The predicted molar refractivity (Wildman–Crippen MR) is 132 cm³/mol. The van der Waals surface area contributed by atoms with Crippen molar-refractivity contribution in [1.82, 2.24) is 15.6 Å². The normalized spacial score (nSPS) is 12.9. The second-order valence-electron chi connectivity index (χ2n) is 10.0. The Labute approximate surface area is 203 Å². The van der Waals surface area contributed by atoms with Gasteiger partial charge in [0, 0.05) is 24.5 Å². The Kier molecular flexibility index (Phi) is 7.40. The van der Waals surface area contributed by atoms with Crippen molar-refractivity contribution >= 4 is 28.4 Å². The lowest BCUT2D eigenvalue weighted by molar-refractivity contribution is -0.908. The van der Waals surface area contributed by atoms with Gasteiger partial charge in [-0.15, -0.1) is 0 Å². The van der Waals surface area contributed by atoms with E-state index in [1.807, 2.05) is 45.4 Å². The highest BCUT2D eigenvalue weighted by atomic mass is 19.2. The van der Waals surface area contributed by atoms with Crippen LogP contribution in [0.3, 0.4) is 0 Å². The molecule has 0 radical (unpaired) electrons. The maximum absolute atomic E-state index is 13.8. The molecule has 4 N–H and O–H groups in total. The molecule has 0 spiro atoms. The molecule has 0 aliphatic carbocycles. The summed E-state index contributed by atoms with van der Waals surface area (Å²) in [4.78, 5) is 30.4. The molecule has 0 saturated heterocycles. The molecule has 3 aromatic rings. The smallest absolute Gasteiger partial charge is 0.281 e. The van der Waals surface area contributed by atoms with Gasteiger partial charge < -0.3 is 20.9 Å². The highest BCUT2D eigenvalue weighted by Gasteiger charge is 2.42. The van der Waals surface area contributed by atoms with Crippen LogP contribution in [0, 0.1) is 11.6 Å². The van der Waals surface area contributed by atoms with E-state index in [0.717, 1.165) is 28.5 Å². The van der Waals surface area contributed by atoms with Crippen LogP contribution in [0.5, 0.6) is 0 Å². The number of nitrogens with one attached hydrogen (secondary N) is 2. The lowest BCUT2D eigenvalue weighted by Gasteiger charge is -2.40. The summed E-state index contributed by atoms with van der Waals surface area (Å²) in [7, 11) is 5.64. The molecule has 0 fully saturated rings. The molecule has 1 heterocycles. The molecule has 0 unspecified atom stereocenters. The predicted octanol–water partition coefficient (Wildman–Crippen LogP) is 2.92. The molecule has 3 rings (SSSR count). The van der Waals surface area contributed by atoms with E-state index in [1.165, 1.54) is 6.07 Å². The minimum Gasteiger partial charge on any atom is -0.383 e. The number of nitrogens with zero attached hydrogens (tertiary/aromatic N) is 2. The first-order valence-corrected chi connectivity index (χ1v) is 11.3. The quantitative estimate of drug-likeness (QED) is 0.429. The second-order valence-corrected chi connectivity index (χ2v) is 10.0. The van der Waals surface area contributed by atoms with Crippen LogP contribution < -0.4 is 16.4 Å². The zero-order valence-corrected chi connectivity index (χ0v) is 20.7. The molecular weight excluding hydrogens is 452 g/mol. The van der Waals surface area contributed by atoms with Crippen LogP contribution >= 0.6 is 0 Å². The van der Waals surface area contributed by atoms with Gasteiger partial charge in [-0.05, 0) is 54.6 Å². The van der Waals surface area contributed by atoms with Gasteiger partial charge in [-0.1, -0.05) is 18.2 Å². The van der Waals surface area contributed by atoms with E-state index in [-0.39, 0.29) is 18.9 Å². The van der Waals surface area contributed by atoms with E-state index in [4.69, 9.17) is 5.73 Å². The SMILES string of the molecule is CC(C)(C(=O)N[C@@H](Cc1ccc(F)c(F)c1)C(=O)NCc1ccc2c(N)nccc2c1)[N+](C)(C)C. The van der Waals surface area contributed by atoms with Gasteiger partial charge in [0.1, 0.15) is 11.9 Å². The molecule has 1 aromatic heterocycles. The molecule has 35 heavy (non-hydrogen) atoms. The fourth-order valence-corrected chi connectivity index (χ4v) is 3.42. The number of amides is 2. The van der Waals surface area contributed by atoms with Gasteiger partial charge in [-0.25, -0.2) is 13.8 Å². The number of pyridine rings is 1.